The van der Waals surface area contributed by atoms with E-state index < -0.39 is 28.6 Å². The normalized spacial score (nSPS) is 10.9. The van der Waals surface area contributed by atoms with Crippen molar-refractivity contribution in [3.05, 3.63) is 91.2 Å². The highest BCUT2D eigenvalue weighted by Gasteiger charge is 2.22. The van der Waals surface area contributed by atoms with Gasteiger partial charge in [0.15, 0.2) is 5.43 Å². The Morgan fingerprint density at radius 3 is 2.24 bits per heavy atom. The Kier molecular flexibility index (Phi) is 6.05. The van der Waals surface area contributed by atoms with E-state index in [1.165, 1.54) is 18.2 Å². The number of aromatic carboxylic acids is 1. The van der Waals surface area contributed by atoms with Crippen LogP contribution in [0.2, 0.25) is 10.0 Å². The first-order chi connectivity index (χ1) is 13.7. The molecule has 0 amide bonds. The molecule has 0 aliphatic rings. The molecule has 0 unspecified atom stereocenters. The number of pyridine rings is 1. The van der Waals surface area contributed by atoms with Crippen LogP contribution in [-0.2, 0) is 13.0 Å². The minimum atomic E-state index is -1.39. The smallest absolute Gasteiger partial charge is 0.341 e. The molecule has 0 aliphatic heterocycles. The summed E-state index contributed by atoms with van der Waals surface area (Å²) in [5.74, 6) is -2.86. The van der Waals surface area contributed by atoms with Crippen LogP contribution in [0.1, 0.15) is 28.5 Å². The van der Waals surface area contributed by atoms with Gasteiger partial charge in [0.05, 0.1) is 15.7 Å². The summed E-state index contributed by atoms with van der Waals surface area (Å²) in [6, 6.07) is 8.80. The van der Waals surface area contributed by atoms with Gasteiger partial charge in [-0.25, -0.2) is 13.6 Å². The van der Waals surface area contributed by atoms with Gasteiger partial charge in [-0.05, 0) is 36.8 Å². The molecule has 0 atom stereocenters. The van der Waals surface area contributed by atoms with Gasteiger partial charge in [0.1, 0.15) is 17.2 Å². The lowest BCUT2D eigenvalue weighted by Crippen LogP contribution is -2.23. The first-order valence-electron chi connectivity index (χ1n) is 8.61. The third-order valence-electron chi connectivity index (χ3n) is 4.43. The average molecular weight is 438 g/mol. The molecule has 0 aliphatic carbocycles. The summed E-state index contributed by atoms with van der Waals surface area (Å²) in [4.78, 5) is 24.4. The number of halogens is 4. The van der Waals surface area contributed by atoms with Gasteiger partial charge in [-0.1, -0.05) is 29.3 Å². The molecule has 0 fully saturated rings. The van der Waals surface area contributed by atoms with Gasteiger partial charge in [-0.3, -0.25) is 4.79 Å². The first kappa shape index (κ1) is 21.0. The molecule has 0 spiro atoms. The minimum Gasteiger partial charge on any atom is -0.477 e. The van der Waals surface area contributed by atoms with Crippen LogP contribution in [0.15, 0.2) is 47.3 Å². The van der Waals surface area contributed by atoms with E-state index in [0.717, 1.165) is 18.2 Å². The molecular formula is C21H15Cl2F2NO3. The van der Waals surface area contributed by atoms with Crippen molar-refractivity contribution in [2.75, 3.05) is 0 Å². The maximum Gasteiger partial charge on any atom is 0.341 e. The van der Waals surface area contributed by atoms with E-state index in [9.17, 15) is 23.5 Å². The van der Waals surface area contributed by atoms with E-state index in [-0.39, 0.29) is 22.2 Å². The fourth-order valence-corrected chi connectivity index (χ4v) is 3.57. The summed E-state index contributed by atoms with van der Waals surface area (Å²) in [6.07, 6.45) is 0.0337. The van der Waals surface area contributed by atoms with Gasteiger partial charge in [0.25, 0.3) is 0 Å². The van der Waals surface area contributed by atoms with Gasteiger partial charge in [0.2, 0.25) is 0 Å². The van der Waals surface area contributed by atoms with E-state index in [2.05, 4.69) is 0 Å². The summed E-state index contributed by atoms with van der Waals surface area (Å²) < 4.78 is 28.8. The van der Waals surface area contributed by atoms with Gasteiger partial charge < -0.3 is 9.67 Å². The number of benzene rings is 2. The van der Waals surface area contributed by atoms with E-state index >= 15 is 0 Å². The van der Waals surface area contributed by atoms with Crippen molar-refractivity contribution >= 4 is 29.2 Å². The Balaban J connectivity index is 2.28. The average Bonchev–Trinajstić information content (AvgIpc) is 2.62. The molecule has 0 saturated carbocycles. The molecule has 1 heterocycles. The second kappa shape index (κ2) is 8.35. The van der Waals surface area contributed by atoms with Crippen molar-refractivity contribution in [1.29, 1.82) is 0 Å². The number of hydrogen-bond acceptors (Lipinski definition) is 2. The molecule has 3 aromatic rings. The van der Waals surface area contributed by atoms with Gasteiger partial charge >= 0.3 is 5.97 Å². The SMILES string of the molecule is CCn1c(Cc2cc(F)cc(F)c2)cc(=O)c(C(=O)O)c1-c1ccc(Cl)c(Cl)c1. The molecule has 4 nitrogen and oxygen atoms in total. The lowest BCUT2D eigenvalue weighted by Gasteiger charge is -2.20. The largest absolute Gasteiger partial charge is 0.477 e. The van der Waals surface area contributed by atoms with E-state index in [1.807, 2.05) is 0 Å². The molecule has 8 heteroatoms. The maximum atomic E-state index is 13.6. The molecule has 1 N–H and O–H groups in total. The van der Waals surface area contributed by atoms with Gasteiger partial charge in [-0.15, -0.1) is 0 Å². The number of nitrogens with zero attached hydrogens (tertiary/aromatic N) is 1. The van der Waals surface area contributed by atoms with Crippen molar-refractivity contribution in [2.45, 2.75) is 19.9 Å². The number of rotatable bonds is 5. The zero-order valence-corrected chi connectivity index (χ0v) is 16.7. The van der Waals surface area contributed by atoms with Gasteiger partial charge in [0, 0.05) is 36.4 Å². The van der Waals surface area contributed by atoms with Crippen LogP contribution in [0.3, 0.4) is 0 Å². The van der Waals surface area contributed by atoms with Crippen molar-refractivity contribution in [2.24, 2.45) is 0 Å². The highest BCUT2D eigenvalue weighted by atomic mass is 35.5. The van der Waals surface area contributed by atoms with Crippen molar-refractivity contribution in [3.8, 4) is 11.3 Å². The molecular weight excluding hydrogens is 423 g/mol. The van der Waals surface area contributed by atoms with Crippen LogP contribution in [0, 0.1) is 11.6 Å². The zero-order chi connectivity index (χ0) is 21.3. The van der Waals surface area contributed by atoms with E-state index in [1.54, 1.807) is 17.6 Å². The van der Waals surface area contributed by atoms with Crippen LogP contribution < -0.4 is 5.43 Å². The minimum absolute atomic E-state index is 0.0337. The quantitative estimate of drug-likeness (QED) is 0.580. The van der Waals surface area contributed by atoms with Crippen LogP contribution in [0.25, 0.3) is 11.3 Å². The Morgan fingerprint density at radius 2 is 1.69 bits per heavy atom. The first-order valence-corrected chi connectivity index (χ1v) is 9.37. The van der Waals surface area contributed by atoms with Crippen LogP contribution in [-0.4, -0.2) is 15.6 Å². The number of carbonyl (C=O) groups is 1. The second-order valence-electron chi connectivity index (χ2n) is 6.36. The summed E-state index contributed by atoms with van der Waals surface area (Å²) in [6.45, 7) is 2.08. The van der Waals surface area contributed by atoms with E-state index in [0.29, 0.717) is 23.4 Å². The highest BCUT2D eigenvalue weighted by molar-refractivity contribution is 6.42. The number of carboxylic acid groups (broad SMARTS) is 1. The Labute approximate surface area is 174 Å². The number of carboxylic acids is 1. The standard InChI is InChI=1S/C21H15Cl2F2NO3/c1-2-26-15(7-11-5-13(24)9-14(25)6-11)10-18(27)19(21(28)29)20(26)12-3-4-16(22)17(23)8-12/h3-6,8-10H,2,7H2,1H3,(H,28,29). The lowest BCUT2D eigenvalue weighted by molar-refractivity contribution is 0.0695. The molecule has 2 aromatic carbocycles. The predicted octanol–water partition coefficient (Wildman–Crippen LogP) is 5.41. The van der Waals surface area contributed by atoms with Gasteiger partial charge in [-0.2, -0.15) is 0 Å². The Morgan fingerprint density at radius 1 is 1.03 bits per heavy atom. The molecule has 150 valence electrons. The van der Waals surface area contributed by atoms with Crippen molar-refractivity contribution in [3.63, 3.8) is 0 Å². The van der Waals surface area contributed by atoms with Crippen LogP contribution in [0.4, 0.5) is 8.78 Å². The van der Waals surface area contributed by atoms with Crippen LogP contribution >= 0.6 is 23.2 Å². The van der Waals surface area contributed by atoms with E-state index in [4.69, 9.17) is 23.2 Å². The zero-order valence-electron chi connectivity index (χ0n) is 15.2. The molecule has 3 rings (SSSR count). The summed E-state index contributed by atoms with van der Waals surface area (Å²) in [5.41, 5.74) is 0.136. The molecule has 0 bridgehead atoms. The Bertz CT molecular complexity index is 1160. The predicted molar refractivity (Wildman–Crippen MR) is 108 cm³/mol. The fraction of sp³-hybridized carbons (Fsp3) is 0.143. The lowest BCUT2D eigenvalue weighted by atomic mass is 10.0. The fourth-order valence-electron chi connectivity index (χ4n) is 3.28. The second-order valence-corrected chi connectivity index (χ2v) is 7.17. The third-order valence-corrected chi connectivity index (χ3v) is 5.17. The van der Waals surface area contributed by atoms with Crippen molar-refractivity contribution in [1.82, 2.24) is 4.57 Å². The summed E-state index contributed by atoms with van der Waals surface area (Å²) in [7, 11) is 0. The summed E-state index contributed by atoms with van der Waals surface area (Å²) in [5, 5.41) is 10.1. The monoisotopic (exact) mass is 437 g/mol. The number of aromatic nitrogens is 1. The van der Waals surface area contributed by atoms with Crippen LogP contribution in [0.5, 0.6) is 0 Å². The molecule has 29 heavy (non-hydrogen) atoms. The number of hydrogen-bond donors (Lipinski definition) is 1. The summed E-state index contributed by atoms with van der Waals surface area (Å²) >= 11 is 12.0. The maximum absolute atomic E-state index is 13.6. The topological polar surface area (TPSA) is 59.3 Å². The highest BCUT2D eigenvalue weighted by Crippen LogP contribution is 2.31. The molecule has 1 aromatic heterocycles. The van der Waals surface area contributed by atoms with Crippen molar-refractivity contribution < 1.29 is 18.7 Å². The third kappa shape index (κ3) is 4.33. The molecule has 0 radical (unpaired) electrons. The molecule has 0 saturated heterocycles. The Hall–Kier alpha value is -2.70.